The van der Waals surface area contributed by atoms with Crippen LogP contribution >= 0.6 is 11.3 Å². The lowest BCUT2D eigenvalue weighted by atomic mass is 10.3. The summed E-state index contributed by atoms with van der Waals surface area (Å²) < 4.78 is 2.09. The summed E-state index contributed by atoms with van der Waals surface area (Å²) in [5.74, 6) is 1.87. The number of rotatable bonds is 6. The molecule has 3 aromatic heterocycles. The van der Waals surface area contributed by atoms with E-state index in [-0.39, 0.29) is 0 Å². The first-order valence-corrected chi connectivity index (χ1v) is 8.04. The lowest BCUT2D eigenvalue weighted by Gasteiger charge is -2.08. The van der Waals surface area contributed by atoms with Crippen LogP contribution in [0.4, 0.5) is 5.82 Å². The van der Waals surface area contributed by atoms with Gasteiger partial charge in [0.25, 0.3) is 0 Å². The summed E-state index contributed by atoms with van der Waals surface area (Å²) in [7, 11) is 0. The second kappa shape index (κ2) is 6.22. The Morgan fingerprint density at radius 3 is 3.00 bits per heavy atom. The zero-order valence-corrected chi connectivity index (χ0v) is 13.2. The first-order valence-electron chi connectivity index (χ1n) is 7.23. The third-order valence-corrected chi connectivity index (χ3v) is 4.27. The van der Waals surface area contributed by atoms with Crippen molar-refractivity contribution >= 4 is 27.4 Å². The number of thiophene rings is 1. The molecule has 0 fully saturated rings. The van der Waals surface area contributed by atoms with E-state index in [1.807, 2.05) is 18.7 Å². The van der Waals surface area contributed by atoms with Gasteiger partial charge in [0.2, 0.25) is 0 Å². The van der Waals surface area contributed by atoms with Crippen molar-refractivity contribution in [2.45, 2.75) is 33.2 Å². The Hall–Kier alpha value is -1.95. The fourth-order valence-corrected chi connectivity index (χ4v) is 3.16. The van der Waals surface area contributed by atoms with E-state index in [0.29, 0.717) is 0 Å². The number of aromatic nitrogens is 4. The van der Waals surface area contributed by atoms with Crippen LogP contribution in [0.2, 0.25) is 0 Å². The average Bonchev–Trinajstić information content (AvgIpc) is 3.11. The van der Waals surface area contributed by atoms with Gasteiger partial charge in [0, 0.05) is 36.8 Å². The summed E-state index contributed by atoms with van der Waals surface area (Å²) in [6.45, 7) is 6.05. The van der Waals surface area contributed by atoms with Gasteiger partial charge in [-0.1, -0.05) is 6.92 Å². The second-order valence-electron chi connectivity index (χ2n) is 5.00. The Bertz CT molecular complexity index is 717. The topological polar surface area (TPSA) is 55.6 Å². The van der Waals surface area contributed by atoms with E-state index in [4.69, 9.17) is 0 Å². The van der Waals surface area contributed by atoms with Gasteiger partial charge >= 0.3 is 0 Å². The van der Waals surface area contributed by atoms with E-state index in [1.165, 1.54) is 4.88 Å². The molecule has 0 aliphatic rings. The molecule has 110 valence electrons. The minimum Gasteiger partial charge on any atom is -0.369 e. The van der Waals surface area contributed by atoms with Crippen LogP contribution in [0.5, 0.6) is 0 Å². The van der Waals surface area contributed by atoms with E-state index < -0.39 is 0 Å². The smallest absolute Gasteiger partial charge is 0.138 e. The molecule has 0 saturated carbocycles. The lowest BCUT2D eigenvalue weighted by molar-refractivity contribution is 0.660. The fourth-order valence-electron chi connectivity index (χ4n) is 2.27. The average molecular weight is 301 g/mol. The highest BCUT2D eigenvalue weighted by atomic mass is 32.1. The molecule has 3 heterocycles. The molecule has 6 heteroatoms. The lowest BCUT2D eigenvalue weighted by Crippen LogP contribution is -2.08. The summed E-state index contributed by atoms with van der Waals surface area (Å²) in [6, 6.07) is 2.16. The summed E-state index contributed by atoms with van der Waals surface area (Å²) in [5.41, 5.74) is 0. The largest absolute Gasteiger partial charge is 0.369 e. The minimum atomic E-state index is 0.858. The van der Waals surface area contributed by atoms with Crippen molar-refractivity contribution in [2.24, 2.45) is 0 Å². The van der Waals surface area contributed by atoms with Crippen LogP contribution in [-0.2, 0) is 13.0 Å². The molecule has 0 aliphatic heterocycles. The van der Waals surface area contributed by atoms with Crippen LogP contribution in [0, 0.1) is 6.92 Å². The Morgan fingerprint density at radius 2 is 2.24 bits per heavy atom. The number of hydrogen-bond acceptors (Lipinski definition) is 5. The maximum atomic E-state index is 4.63. The van der Waals surface area contributed by atoms with Crippen molar-refractivity contribution in [3.05, 3.63) is 35.5 Å². The molecule has 0 atom stereocenters. The Labute approximate surface area is 128 Å². The third-order valence-electron chi connectivity index (χ3n) is 3.32. The van der Waals surface area contributed by atoms with Crippen LogP contribution in [0.25, 0.3) is 10.2 Å². The third kappa shape index (κ3) is 3.21. The maximum Gasteiger partial charge on any atom is 0.138 e. The molecule has 0 amide bonds. The number of hydrogen-bond donors (Lipinski definition) is 1. The van der Waals surface area contributed by atoms with Gasteiger partial charge in [-0.25, -0.2) is 15.0 Å². The molecule has 3 aromatic rings. The SMILES string of the molecule is CCc1nc(NCCCn2ccnc2)c2cc(C)sc2n1. The van der Waals surface area contributed by atoms with Crippen LogP contribution < -0.4 is 5.32 Å². The van der Waals surface area contributed by atoms with E-state index in [9.17, 15) is 0 Å². The number of imidazole rings is 1. The summed E-state index contributed by atoms with van der Waals surface area (Å²) >= 11 is 1.73. The Balaban J connectivity index is 1.70. The number of anilines is 1. The second-order valence-corrected chi connectivity index (χ2v) is 6.23. The van der Waals surface area contributed by atoms with Gasteiger partial charge in [-0.2, -0.15) is 0 Å². The molecular formula is C15H19N5S. The van der Waals surface area contributed by atoms with Gasteiger partial charge < -0.3 is 9.88 Å². The highest BCUT2D eigenvalue weighted by molar-refractivity contribution is 7.18. The number of aryl methyl sites for hydroxylation is 3. The maximum absolute atomic E-state index is 4.63. The number of fused-ring (bicyclic) bond motifs is 1. The van der Waals surface area contributed by atoms with Gasteiger partial charge in [-0.05, 0) is 19.4 Å². The molecule has 0 radical (unpaired) electrons. The van der Waals surface area contributed by atoms with Crippen LogP contribution in [0.15, 0.2) is 24.8 Å². The van der Waals surface area contributed by atoms with Gasteiger partial charge in [-0.15, -0.1) is 11.3 Å². The monoisotopic (exact) mass is 301 g/mol. The molecule has 0 unspecified atom stereocenters. The molecule has 5 nitrogen and oxygen atoms in total. The van der Waals surface area contributed by atoms with Gasteiger partial charge in [-0.3, -0.25) is 0 Å². The molecular weight excluding hydrogens is 282 g/mol. The first-order chi connectivity index (χ1) is 10.3. The molecule has 0 bridgehead atoms. The highest BCUT2D eigenvalue weighted by Gasteiger charge is 2.09. The zero-order valence-electron chi connectivity index (χ0n) is 12.3. The normalized spacial score (nSPS) is 11.1. The quantitative estimate of drug-likeness (QED) is 0.710. The summed E-state index contributed by atoms with van der Waals surface area (Å²) in [5, 5.41) is 4.60. The number of nitrogens with zero attached hydrogens (tertiary/aromatic N) is 4. The van der Waals surface area contributed by atoms with Crippen LogP contribution in [0.1, 0.15) is 24.0 Å². The first kappa shape index (κ1) is 14.0. The van der Waals surface area contributed by atoms with Gasteiger partial charge in [0.1, 0.15) is 16.5 Å². The van der Waals surface area contributed by atoms with Crippen molar-refractivity contribution in [1.82, 2.24) is 19.5 Å². The van der Waals surface area contributed by atoms with Crippen molar-refractivity contribution in [3.63, 3.8) is 0 Å². The van der Waals surface area contributed by atoms with E-state index in [1.54, 1.807) is 11.3 Å². The molecule has 21 heavy (non-hydrogen) atoms. The summed E-state index contributed by atoms with van der Waals surface area (Å²) in [6.07, 6.45) is 7.53. The molecule has 0 saturated heterocycles. The summed E-state index contributed by atoms with van der Waals surface area (Å²) in [4.78, 5) is 15.6. The predicted molar refractivity (Wildman–Crippen MR) is 86.9 cm³/mol. The molecule has 0 spiro atoms. The van der Waals surface area contributed by atoms with E-state index in [0.717, 1.165) is 47.8 Å². The highest BCUT2D eigenvalue weighted by Crippen LogP contribution is 2.28. The standard InChI is InChI=1S/C15H19N5S/c1-3-13-18-14(12-9-11(2)21-15(12)19-13)17-5-4-7-20-8-6-16-10-20/h6,8-10H,3-5,7H2,1-2H3,(H,17,18,19). The van der Waals surface area contributed by atoms with Crippen molar-refractivity contribution in [1.29, 1.82) is 0 Å². The van der Waals surface area contributed by atoms with Crippen molar-refractivity contribution in [2.75, 3.05) is 11.9 Å². The van der Waals surface area contributed by atoms with Gasteiger partial charge in [0.05, 0.1) is 11.7 Å². The molecule has 3 rings (SSSR count). The van der Waals surface area contributed by atoms with Crippen LogP contribution in [0.3, 0.4) is 0 Å². The Kier molecular flexibility index (Phi) is 4.15. The zero-order chi connectivity index (χ0) is 14.7. The van der Waals surface area contributed by atoms with Gasteiger partial charge in [0.15, 0.2) is 0 Å². The predicted octanol–water partition coefficient (Wildman–Crippen LogP) is 3.26. The van der Waals surface area contributed by atoms with Crippen LogP contribution in [-0.4, -0.2) is 26.1 Å². The van der Waals surface area contributed by atoms with Crippen molar-refractivity contribution < 1.29 is 0 Å². The van der Waals surface area contributed by atoms with E-state index in [2.05, 4.69) is 44.7 Å². The fraction of sp³-hybridized carbons (Fsp3) is 0.400. The number of nitrogens with one attached hydrogen (secondary N) is 1. The minimum absolute atomic E-state index is 0.858. The van der Waals surface area contributed by atoms with E-state index >= 15 is 0 Å². The van der Waals surface area contributed by atoms with Crippen molar-refractivity contribution in [3.8, 4) is 0 Å². The Morgan fingerprint density at radius 1 is 1.33 bits per heavy atom. The molecule has 0 aliphatic carbocycles. The molecule has 1 N–H and O–H groups in total. The molecule has 0 aromatic carbocycles.